The molecular formula is C14H22N2O3S. The lowest BCUT2D eigenvalue weighted by Gasteiger charge is -2.15. The molecule has 1 rings (SSSR count). The number of benzene rings is 1. The number of para-hydroxylation sites is 1. The Labute approximate surface area is 120 Å². The average Bonchev–Trinajstić information content (AvgIpc) is 2.34. The molecule has 1 unspecified atom stereocenters. The quantitative estimate of drug-likeness (QED) is 0.803. The van der Waals surface area contributed by atoms with E-state index in [2.05, 4.69) is 10.6 Å². The smallest absolute Gasteiger partial charge is 0.253 e. The zero-order valence-electron chi connectivity index (χ0n) is 12.1. The van der Waals surface area contributed by atoms with Gasteiger partial charge in [-0.2, -0.15) is 0 Å². The van der Waals surface area contributed by atoms with E-state index in [1.54, 1.807) is 19.1 Å². The second-order valence-electron chi connectivity index (χ2n) is 4.94. The Balaban J connectivity index is 2.77. The maximum atomic E-state index is 12.2. The normalized spacial score (nSPS) is 12.8. The number of carbonyl (C=O) groups is 1. The van der Waals surface area contributed by atoms with Crippen LogP contribution in [0.4, 0.5) is 5.69 Å². The molecule has 0 fully saturated rings. The lowest BCUT2D eigenvalue weighted by molar-refractivity contribution is 0.0944. The molecule has 1 aromatic rings. The zero-order chi connectivity index (χ0) is 15.2. The highest BCUT2D eigenvalue weighted by molar-refractivity contribution is 7.90. The minimum Gasteiger partial charge on any atom is -0.384 e. The zero-order valence-corrected chi connectivity index (χ0v) is 13.0. The van der Waals surface area contributed by atoms with Crippen LogP contribution in [0, 0.1) is 0 Å². The molecule has 0 aromatic heterocycles. The fourth-order valence-corrected chi connectivity index (χ4v) is 2.88. The Kier molecular flexibility index (Phi) is 6.01. The third-order valence-corrected chi connectivity index (χ3v) is 3.77. The fourth-order valence-electron chi connectivity index (χ4n) is 1.89. The van der Waals surface area contributed by atoms with E-state index >= 15 is 0 Å². The average molecular weight is 298 g/mol. The second kappa shape index (κ2) is 7.28. The number of hydrogen-bond donors (Lipinski definition) is 2. The summed E-state index contributed by atoms with van der Waals surface area (Å²) in [5.41, 5.74) is 1.29. The number of amides is 1. The topological polar surface area (TPSA) is 75.3 Å². The Morgan fingerprint density at radius 2 is 1.95 bits per heavy atom. The van der Waals surface area contributed by atoms with Gasteiger partial charge in [-0.25, -0.2) is 8.42 Å². The number of sulfone groups is 1. The summed E-state index contributed by atoms with van der Waals surface area (Å²) in [4.78, 5) is 12.2. The first kappa shape index (κ1) is 16.5. The van der Waals surface area contributed by atoms with E-state index in [1.165, 1.54) is 0 Å². The largest absolute Gasteiger partial charge is 0.384 e. The summed E-state index contributed by atoms with van der Waals surface area (Å²) in [6, 6.07) is 6.78. The van der Waals surface area contributed by atoms with Crippen molar-refractivity contribution in [2.45, 2.75) is 26.3 Å². The van der Waals surface area contributed by atoms with Crippen LogP contribution < -0.4 is 10.6 Å². The van der Waals surface area contributed by atoms with E-state index in [1.807, 2.05) is 19.1 Å². The predicted octanol–water partition coefficient (Wildman–Crippen LogP) is 1.67. The van der Waals surface area contributed by atoms with Gasteiger partial charge in [0.1, 0.15) is 9.84 Å². The first-order chi connectivity index (χ1) is 9.33. The maximum Gasteiger partial charge on any atom is 0.253 e. The first-order valence-electron chi connectivity index (χ1n) is 6.65. The van der Waals surface area contributed by atoms with Crippen molar-refractivity contribution < 1.29 is 13.2 Å². The van der Waals surface area contributed by atoms with Crippen LogP contribution in [0.2, 0.25) is 0 Å². The number of rotatable bonds is 7. The van der Waals surface area contributed by atoms with Crippen molar-refractivity contribution in [3.8, 4) is 0 Å². The summed E-state index contributed by atoms with van der Waals surface area (Å²) in [5, 5.41) is 5.90. The Hall–Kier alpha value is -1.56. The number of anilines is 1. The molecule has 1 amide bonds. The third kappa shape index (κ3) is 5.61. The van der Waals surface area contributed by atoms with E-state index in [-0.39, 0.29) is 11.7 Å². The van der Waals surface area contributed by atoms with E-state index in [0.717, 1.165) is 24.9 Å². The molecule has 0 spiro atoms. The van der Waals surface area contributed by atoms with Gasteiger partial charge in [-0.05, 0) is 25.5 Å². The van der Waals surface area contributed by atoms with E-state index in [0.29, 0.717) is 5.56 Å². The van der Waals surface area contributed by atoms with Crippen LogP contribution in [0.25, 0.3) is 0 Å². The predicted molar refractivity (Wildman–Crippen MR) is 81.9 cm³/mol. The molecule has 20 heavy (non-hydrogen) atoms. The lowest BCUT2D eigenvalue weighted by atomic mass is 10.1. The van der Waals surface area contributed by atoms with Crippen molar-refractivity contribution in [2.75, 3.05) is 23.9 Å². The molecule has 0 aliphatic carbocycles. The monoisotopic (exact) mass is 298 g/mol. The van der Waals surface area contributed by atoms with Crippen molar-refractivity contribution in [3.63, 3.8) is 0 Å². The Morgan fingerprint density at radius 1 is 1.30 bits per heavy atom. The fraction of sp³-hybridized carbons (Fsp3) is 0.500. The van der Waals surface area contributed by atoms with Crippen LogP contribution in [-0.4, -0.2) is 38.9 Å². The lowest BCUT2D eigenvalue weighted by Crippen LogP contribution is -2.37. The van der Waals surface area contributed by atoms with Crippen molar-refractivity contribution in [1.29, 1.82) is 0 Å². The summed E-state index contributed by atoms with van der Waals surface area (Å²) < 4.78 is 22.4. The van der Waals surface area contributed by atoms with Crippen LogP contribution >= 0.6 is 0 Å². The van der Waals surface area contributed by atoms with Gasteiger partial charge in [0, 0.05) is 24.5 Å². The van der Waals surface area contributed by atoms with Crippen molar-refractivity contribution in [1.82, 2.24) is 5.32 Å². The van der Waals surface area contributed by atoms with E-state index in [9.17, 15) is 13.2 Å². The highest BCUT2D eigenvalue weighted by Gasteiger charge is 2.16. The molecule has 0 bridgehead atoms. The Morgan fingerprint density at radius 3 is 2.55 bits per heavy atom. The molecule has 0 saturated heterocycles. The Bertz CT molecular complexity index is 555. The van der Waals surface area contributed by atoms with Gasteiger partial charge in [-0.15, -0.1) is 0 Å². The SMILES string of the molecule is CCCNc1ccccc1C(=O)NC(C)CS(C)(=O)=O. The molecule has 0 saturated carbocycles. The van der Waals surface area contributed by atoms with Crippen molar-refractivity contribution >= 4 is 21.4 Å². The maximum absolute atomic E-state index is 12.2. The second-order valence-corrected chi connectivity index (χ2v) is 7.12. The van der Waals surface area contributed by atoms with E-state index in [4.69, 9.17) is 0 Å². The van der Waals surface area contributed by atoms with Crippen LogP contribution in [0.3, 0.4) is 0 Å². The van der Waals surface area contributed by atoms with Crippen LogP contribution in [-0.2, 0) is 9.84 Å². The minimum absolute atomic E-state index is 0.0662. The summed E-state index contributed by atoms with van der Waals surface area (Å²) in [6.07, 6.45) is 2.12. The van der Waals surface area contributed by atoms with Crippen LogP contribution in [0.15, 0.2) is 24.3 Å². The first-order valence-corrected chi connectivity index (χ1v) is 8.71. The standard InChI is InChI=1S/C14H22N2O3S/c1-4-9-15-13-8-6-5-7-12(13)14(17)16-11(2)10-20(3,18)19/h5-8,11,15H,4,9-10H2,1-3H3,(H,16,17). The molecule has 1 aromatic carbocycles. The van der Waals surface area contributed by atoms with Crippen LogP contribution in [0.5, 0.6) is 0 Å². The summed E-state index contributed by atoms with van der Waals surface area (Å²) in [5.74, 6) is -0.330. The molecule has 1 atom stereocenters. The van der Waals surface area contributed by atoms with Gasteiger partial charge in [0.05, 0.1) is 11.3 Å². The molecule has 0 radical (unpaired) electrons. The van der Waals surface area contributed by atoms with Crippen molar-refractivity contribution in [3.05, 3.63) is 29.8 Å². The molecule has 2 N–H and O–H groups in total. The number of hydrogen-bond acceptors (Lipinski definition) is 4. The van der Waals surface area contributed by atoms with Gasteiger partial charge in [0.15, 0.2) is 0 Å². The van der Waals surface area contributed by atoms with E-state index < -0.39 is 15.9 Å². The van der Waals surface area contributed by atoms with Gasteiger partial charge >= 0.3 is 0 Å². The number of nitrogens with one attached hydrogen (secondary N) is 2. The molecule has 6 heteroatoms. The summed E-state index contributed by atoms with van der Waals surface area (Å²) >= 11 is 0. The molecule has 0 aliphatic rings. The molecule has 0 aliphatic heterocycles. The van der Waals surface area contributed by atoms with Gasteiger partial charge in [0.2, 0.25) is 0 Å². The highest BCUT2D eigenvalue weighted by Crippen LogP contribution is 2.15. The molecule has 0 heterocycles. The molecule has 5 nitrogen and oxygen atoms in total. The third-order valence-electron chi connectivity index (χ3n) is 2.67. The van der Waals surface area contributed by atoms with Gasteiger partial charge < -0.3 is 10.6 Å². The summed E-state index contributed by atoms with van der Waals surface area (Å²) in [7, 11) is -3.11. The van der Waals surface area contributed by atoms with Gasteiger partial charge in [0.25, 0.3) is 5.91 Å². The van der Waals surface area contributed by atoms with Crippen LogP contribution in [0.1, 0.15) is 30.6 Å². The van der Waals surface area contributed by atoms with Gasteiger partial charge in [-0.1, -0.05) is 19.1 Å². The minimum atomic E-state index is -3.11. The molecular weight excluding hydrogens is 276 g/mol. The number of carbonyl (C=O) groups excluding carboxylic acids is 1. The highest BCUT2D eigenvalue weighted by atomic mass is 32.2. The van der Waals surface area contributed by atoms with Gasteiger partial charge in [-0.3, -0.25) is 4.79 Å². The summed E-state index contributed by atoms with van der Waals surface area (Å²) in [6.45, 7) is 4.51. The molecule has 112 valence electrons. The van der Waals surface area contributed by atoms with Crippen molar-refractivity contribution in [2.24, 2.45) is 0 Å².